The van der Waals surface area contributed by atoms with Crippen LogP contribution < -0.4 is 0 Å². The first-order valence-corrected chi connectivity index (χ1v) is 4.94. The first kappa shape index (κ1) is 9.11. The molecule has 0 saturated carbocycles. The molecule has 0 aromatic carbocycles. The van der Waals surface area contributed by atoms with Crippen molar-refractivity contribution in [1.82, 2.24) is 5.06 Å². The molecule has 6 nitrogen and oxygen atoms in total. The van der Waals surface area contributed by atoms with E-state index in [0.717, 1.165) is 6.42 Å². The largest absolute Gasteiger partial charge is 0.467 e. The van der Waals surface area contributed by atoms with Crippen molar-refractivity contribution >= 4 is 11.9 Å². The lowest BCUT2D eigenvalue weighted by Gasteiger charge is -2.13. The maximum Gasteiger partial charge on any atom is 0.338 e. The fraction of sp³-hybridized carbons (Fsp3) is 0.778. The summed E-state index contributed by atoms with van der Waals surface area (Å²) in [6.07, 6.45) is -0.157. The van der Waals surface area contributed by atoms with Gasteiger partial charge in [-0.25, -0.2) is 4.79 Å². The number of hydrogen-bond donors (Lipinski definition) is 0. The van der Waals surface area contributed by atoms with Crippen LogP contribution in [0.15, 0.2) is 0 Å². The Bertz CT molecular complexity index is 330. The Morgan fingerprint density at radius 2 is 2.40 bits per heavy atom. The summed E-state index contributed by atoms with van der Waals surface area (Å²) in [5.74, 6) is -1.36. The highest BCUT2D eigenvalue weighted by Gasteiger charge is 2.62. The van der Waals surface area contributed by atoms with Crippen LogP contribution in [0, 0.1) is 5.92 Å². The smallest absolute Gasteiger partial charge is 0.338 e. The highest BCUT2D eigenvalue weighted by Crippen LogP contribution is 2.42. The highest BCUT2D eigenvalue weighted by atomic mass is 16.7. The summed E-state index contributed by atoms with van der Waals surface area (Å²) in [6, 6.07) is -0.0957. The Morgan fingerprint density at radius 1 is 1.60 bits per heavy atom. The lowest BCUT2D eigenvalue weighted by molar-refractivity contribution is -0.188. The SMILES string of the molecule is COC(=O)[C@H]1ON2CC[C@H]3OC(=O)[C@@H]1[C@H]32. The van der Waals surface area contributed by atoms with Crippen LogP contribution in [0.4, 0.5) is 0 Å². The van der Waals surface area contributed by atoms with Gasteiger partial charge in [-0.05, 0) is 0 Å². The molecule has 0 spiro atoms. The maximum atomic E-state index is 11.5. The summed E-state index contributed by atoms with van der Waals surface area (Å²) >= 11 is 0. The summed E-state index contributed by atoms with van der Waals surface area (Å²) in [5.41, 5.74) is 0. The molecule has 0 aromatic rings. The van der Waals surface area contributed by atoms with Crippen molar-refractivity contribution in [1.29, 1.82) is 0 Å². The number of hydrogen-bond acceptors (Lipinski definition) is 6. The van der Waals surface area contributed by atoms with Gasteiger partial charge in [0.15, 0.2) is 6.10 Å². The topological polar surface area (TPSA) is 65.1 Å². The molecule has 3 saturated heterocycles. The van der Waals surface area contributed by atoms with Gasteiger partial charge < -0.3 is 9.47 Å². The van der Waals surface area contributed by atoms with Gasteiger partial charge >= 0.3 is 11.9 Å². The number of carbonyl (C=O) groups excluding carboxylic acids is 2. The molecule has 0 radical (unpaired) electrons. The normalized spacial score (nSPS) is 42.9. The summed E-state index contributed by atoms with van der Waals surface area (Å²) in [6.45, 7) is 0.701. The van der Waals surface area contributed by atoms with Crippen LogP contribution in [-0.4, -0.2) is 48.9 Å². The average Bonchev–Trinajstić information content (AvgIpc) is 2.83. The fourth-order valence-electron chi connectivity index (χ4n) is 2.61. The van der Waals surface area contributed by atoms with E-state index < -0.39 is 18.0 Å². The van der Waals surface area contributed by atoms with Gasteiger partial charge in [-0.1, -0.05) is 0 Å². The molecule has 0 bridgehead atoms. The third kappa shape index (κ3) is 1.06. The van der Waals surface area contributed by atoms with E-state index in [1.54, 1.807) is 5.06 Å². The van der Waals surface area contributed by atoms with Crippen LogP contribution >= 0.6 is 0 Å². The molecule has 3 heterocycles. The molecule has 0 amide bonds. The van der Waals surface area contributed by atoms with Crippen molar-refractivity contribution in [2.75, 3.05) is 13.7 Å². The van der Waals surface area contributed by atoms with Crippen LogP contribution in [0.5, 0.6) is 0 Å². The van der Waals surface area contributed by atoms with Crippen LogP contribution in [0.1, 0.15) is 6.42 Å². The molecule has 3 rings (SSSR count). The number of nitrogens with zero attached hydrogens (tertiary/aromatic N) is 1. The molecule has 0 N–H and O–H groups in total. The third-order valence-electron chi connectivity index (χ3n) is 3.26. The third-order valence-corrected chi connectivity index (χ3v) is 3.26. The lowest BCUT2D eigenvalue weighted by Crippen LogP contribution is -2.34. The average molecular weight is 213 g/mol. The Balaban J connectivity index is 1.91. The molecule has 0 aliphatic carbocycles. The minimum Gasteiger partial charge on any atom is -0.467 e. The Hall–Kier alpha value is -1.14. The second-order valence-electron chi connectivity index (χ2n) is 3.97. The summed E-state index contributed by atoms with van der Waals surface area (Å²) < 4.78 is 9.78. The molecule has 4 atom stereocenters. The summed E-state index contributed by atoms with van der Waals surface area (Å²) in [7, 11) is 1.28. The molecular formula is C9H11NO5. The standard InChI is InChI=1S/C9H11NO5/c1-13-9(12)7-5-6-4(14-8(5)11)2-3-10(6)15-7/h4-7H,2-3H2,1H3/t4-,5-,6+,7+/m1/s1. The van der Waals surface area contributed by atoms with Gasteiger partial charge in [-0.3, -0.25) is 9.63 Å². The molecular weight excluding hydrogens is 202 g/mol. The number of hydroxylamine groups is 2. The van der Waals surface area contributed by atoms with Gasteiger partial charge in [0.2, 0.25) is 0 Å². The highest BCUT2D eigenvalue weighted by molar-refractivity contribution is 5.86. The minimum atomic E-state index is -0.821. The summed E-state index contributed by atoms with van der Waals surface area (Å²) in [5, 5.41) is 1.68. The van der Waals surface area contributed by atoms with Gasteiger partial charge in [-0.15, -0.1) is 0 Å². The van der Waals surface area contributed by atoms with Crippen molar-refractivity contribution in [3.05, 3.63) is 0 Å². The predicted octanol–water partition coefficient (Wildman–Crippen LogP) is -0.911. The van der Waals surface area contributed by atoms with Gasteiger partial charge in [0.25, 0.3) is 0 Å². The fourth-order valence-corrected chi connectivity index (χ4v) is 2.61. The molecule has 82 valence electrons. The Morgan fingerprint density at radius 3 is 3.13 bits per heavy atom. The van der Waals surface area contributed by atoms with Crippen molar-refractivity contribution in [2.45, 2.75) is 24.7 Å². The van der Waals surface area contributed by atoms with Gasteiger partial charge in [0.05, 0.1) is 13.2 Å². The lowest BCUT2D eigenvalue weighted by atomic mass is 9.95. The van der Waals surface area contributed by atoms with Crippen LogP contribution in [0.3, 0.4) is 0 Å². The zero-order valence-corrected chi connectivity index (χ0v) is 8.21. The molecule has 6 heteroatoms. The van der Waals surface area contributed by atoms with Gasteiger partial charge in [0, 0.05) is 13.0 Å². The maximum absolute atomic E-state index is 11.5. The van der Waals surface area contributed by atoms with Crippen molar-refractivity contribution in [2.24, 2.45) is 5.92 Å². The minimum absolute atomic E-state index is 0.0957. The van der Waals surface area contributed by atoms with E-state index in [9.17, 15) is 9.59 Å². The summed E-state index contributed by atoms with van der Waals surface area (Å²) in [4.78, 5) is 28.3. The predicted molar refractivity (Wildman–Crippen MR) is 45.4 cm³/mol. The van der Waals surface area contributed by atoms with Crippen molar-refractivity contribution in [3.63, 3.8) is 0 Å². The molecule has 3 aliphatic heterocycles. The van der Waals surface area contributed by atoms with E-state index in [1.807, 2.05) is 0 Å². The zero-order valence-electron chi connectivity index (χ0n) is 8.21. The molecule has 15 heavy (non-hydrogen) atoms. The zero-order chi connectivity index (χ0) is 10.6. The van der Waals surface area contributed by atoms with E-state index in [0.29, 0.717) is 6.54 Å². The Labute approximate surface area is 86.0 Å². The van der Waals surface area contributed by atoms with E-state index >= 15 is 0 Å². The first-order chi connectivity index (χ1) is 7.22. The van der Waals surface area contributed by atoms with E-state index in [4.69, 9.17) is 9.57 Å². The monoisotopic (exact) mass is 213 g/mol. The number of carbonyl (C=O) groups is 2. The second-order valence-corrected chi connectivity index (χ2v) is 3.97. The van der Waals surface area contributed by atoms with Gasteiger partial charge in [0.1, 0.15) is 12.0 Å². The van der Waals surface area contributed by atoms with E-state index in [-0.39, 0.29) is 18.1 Å². The van der Waals surface area contributed by atoms with Crippen LogP contribution in [0.25, 0.3) is 0 Å². The van der Waals surface area contributed by atoms with E-state index in [2.05, 4.69) is 4.74 Å². The number of ether oxygens (including phenoxy) is 2. The Kier molecular flexibility index (Phi) is 1.78. The van der Waals surface area contributed by atoms with Crippen molar-refractivity contribution in [3.8, 4) is 0 Å². The first-order valence-electron chi connectivity index (χ1n) is 4.94. The number of rotatable bonds is 1. The molecule has 0 aromatic heterocycles. The quantitative estimate of drug-likeness (QED) is 0.525. The molecule has 3 aliphatic rings. The van der Waals surface area contributed by atoms with Crippen LogP contribution in [-0.2, 0) is 23.9 Å². The number of methoxy groups -OCH3 is 1. The van der Waals surface area contributed by atoms with Crippen LogP contribution in [0.2, 0.25) is 0 Å². The van der Waals surface area contributed by atoms with Gasteiger partial charge in [-0.2, -0.15) is 5.06 Å². The molecule has 0 unspecified atom stereocenters. The van der Waals surface area contributed by atoms with E-state index in [1.165, 1.54) is 7.11 Å². The molecule has 3 fully saturated rings. The number of esters is 2. The second kappa shape index (κ2) is 2.93. The van der Waals surface area contributed by atoms with Crippen molar-refractivity contribution < 1.29 is 23.9 Å².